The van der Waals surface area contributed by atoms with E-state index >= 15 is 0 Å². The summed E-state index contributed by atoms with van der Waals surface area (Å²) in [5.41, 5.74) is 8.94. The van der Waals surface area contributed by atoms with Crippen LogP contribution in [0.1, 0.15) is 16.7 Å². The van der Waals surface area contributed by atoms with Crippen LogP contribution in [0.15, 0.2) is 206 Å². The maximum atomic E-state index is 13.3. The van der Waals surface area contributed by atoms with Crippen LogP contribution in [0, 0.1) is 0 Å². The van der Waals surface area contributed by atoms with Gasteiger partial charge in [-0.15, -0.1) is 0 Å². The van der Waals surface area contributed by atoms with E-state index < -0.39 is 5.60 Å². The van der Waals surface area contributed by atoms with Crippen LogP contribution >= 0.6 is 0 Å². The molecule has 1 aromatic heterocycles. The van der Waals surface area contributed by atoms with Crippen molar-refractivity contribution in [1.82, 2.24) is 4.57 Å². The van der Waals surface area contributed by atoms with E-state index in [0.29, 0.717) is 5.75 Å². The van der Waals surface area contributed by atoms with Crippen LogP contribution in [-0.2, 0) is 5.60 Å². The van der Waals surface area contributed by atoms with Gasteiger partial charge in [0.05, 0.1) is 18.1 Å². The maximum Gasteiger partial charge on any atom is 0.141 e. The molecule has 0 saturated heterocycles. The van der Waals surface area contributed by atoms with Crippen molar-refractivity contribution < 1.29 is 9.84 Å². The highest BCUT2D eigenvalue weighted by atomic mass is 16.5. The Morgan fingerprint density at radius 3 is 1.56 bits per heavy atom. The van der Waals surface area contributed by atoms with Gasteiger partial charge in [0, 0.05) is 50.7 Å². The molecule has 54 heavy (non-hydrogen) atoms. The van der Waals surface area contributed by atoms with Gasteiger partial charge in [0.15, 0.2) is 0 Å². The zero-order valence-corrected chi connectivity index (χ0v) is 29.9. The van der Waals surface area contributed by atoms with Crippen LogP contribution in [0.4, 0.5) is 17.1 Å². The minimum atomic E-state index is -1.49. The monoisotopic (exact) mass is 698 g/mol. The highest BCUT2D eigenvalue weighted by molar-refractivity contribution is 6.09. The molecule has 4 heteroatoms. The molecule has 260 valence electrons. The predicted octanol–water partition coefficient (Wildman–Crippen LogP) is 12.2. The van der Waals surface area contributed by atoms with Gasteiger partial charge in [0.2, 0.25) is 0 Å². The molecule has 1 N–H and O–H groups in total. The second kappa shape index (κ2) is 13.9. The Morgan fingerprint density at radius 1 is 0.463 bits per heavy atom. The number of nitrogens with zero attached hydrogens (tertiary/aromatic N) is 2. The number of rotatable bonds is 9. The summed E-state index contributed by atoms with van der Waals surface area (Å²) in [5.74, 6) is 0.703. The normalized spacial score (nSPS) is 12.4. The molecule has 4 nitrogen and oxygen atoms in total. The number of hydrogen-bond donors (Lipinski definition) is 1. The third kappa shape index (κ3) is 5.61. The molecule has 0 fully saturated rings. The highest BCUT2D eigenvalue weighted by Gasteiger charge is 2.36. The number of para-hydroxylation sites is 4. The maximum absolute atomic E-state index is 13.3. The quantitative estimate of drug-likeness (QED) is 0.153. The number of aliphatic hydroxyl groups is 1. The second-order valence-corrected chi connectivity index (χ2v) is 13.4. The van der Waals surface area contributed by atoms with Crippen LogP contribution < -0.4 is 9.64 Å². The van der Waals surface area contributed by atoms with E-state index in [1.165, 1.54) is 10.8 Å². The van der Waals surface area contributed by atoms with Gasteiger partial charge in [-0.05, 0) is 77.4 Å². The Balaban J connectivity index is 1.18. The Bertz CT molecular complexity index is 2610. The molecule has 9 aromatic rings. The van der Waals surface area contributed by atoms with Gasteiger partial charge in [-0.25, -0.2) is 0 Å². The SMILES string of the molecule is COc1cc(N(c2ccccc2)c2ccccc2)ccc1-c1ccccc1C(O)(c1ccccc1)c1ccc(-n2c3ccccc3c3ccccc32)cc1. The summed E-state index contributed by atoms with van der Waals surface area (Å²) in [6.45, 7) is 0. The lowest BCUT2D eigenvalue weighted by Gasteiger charge is -2.33. The number of benzene rings is 8. The van der Waals surface area contributed by atoms with Crippen molar-refractivity contribution in [1.29, 1.82) is 0 Å². The van der Waals surface area contributed by atoms with E-state index in [2.05, 4.69) is 131 Å². The fourth-order valence-electron chi connectivity index (χ4n) is 7.89. The summed E-state index contributed by atoms with van der Waals surface area (Å²) in [6, 6.07) is 70.4. The van der Waals surface area contributed by atoms with Crippen LogP contribution in [0.25, 0.3) is 38.6 Å². The summed E-state index contributed by atoms with van der Waals surface area (Å²) in [7, 11) is 1.71. The molecule has 0 spiro atoms. The molecule has 0 amide bonds. The zero-order valence-electron chi connectivity index (χ0n) is 29.9. The molecule has 8 aromatic carbocycles. The van der Waals surface area contributed by atoms with Gasteiger partial charge < -0.3 is 19.3 Å². The number of anilines is 3. The number of hydrogen-bond acceptors (Lipinski definition) is 3. The van der Waals surface area contributed by atoms with Gasteiger partial charge in [-0.3, -0.25) is 0 Å². The van der Waals surface area contributed by atoms with Crippen LogP contribution in [0.3, 0.4) is 0 Å². The Labute approximate surface area is 315 Å². The van der Waals surface area contributed by atoms with Crippen molar-refractivity contribution in [3.8, 4) is 22.6 Å². The fourth-order valence-corrected chi connectivity index (χ4v) is 7.89. The van der Waals surface area contributed by atoms with Crippen molar-refractivity contribution in [2.45, 2.75) is 5.60 Å². The molecule has 9 rings (SSSR count). The van der Waals surface area contributed by atoms with Gasteiger partial charge >= 0.3 is 0 Å². The molecule has 0 aliphatic rings. The molecule has 1 heterocycles. The second-order valence-electron chi connectivity index (χ2n) is 13.4. The first-order valence-corrected chi connectivity index (χ1v) is 18.2. The van der Waals surface area contributed by atoms with Crippen LogP contribution in [-0.4, -0.2) is 16.8 Å². The van der Waals surface area contributed by atoms with Crippen molar-refractivity contribution in [2.75, 3.05) is 12.0 Å². The standard InChI is InChI=1S/C50H38N2O2/c1-54-49-35-41(51(38-19-7-3-8-20-38)39-21-9-4-10-22-39)33-34-45(49)42-23-11-14-26-46(42)50(53,36-17-5-2-6-18-36)37-29-31-40(32-30-37)52-47-27-15-12-24-43(47)44-25-13-16-28-48(44)52/h2-35,53H,1H3. The minimum Gasteiger partial charge on any atom is -0.496 e. The smallest absolute Gasteiger partial charge is 0.141 e. The van der Waals surface area contributed by atoms with E-state index in [-0.39, 0.29) is 0 Å². The molecule has 0 aliphatic heterocycles. The molecule has 1 unspecified atom stereocenters. The Kier molecular flexibility index (Phi) is 8.51. The lowest BCUT2D eigenvalue weighted by Crippen LogP contribution is -2.29. The summed E-state index contributed by atoms with van der Waals surface area (Å²) in [6.07, 6.45) is 0. The van der Waals surface area contributed by atoms with E-state index in [1.54, 1.807) is 7.11 Å². The van der Waals surface area contributed by atoms with Crippen molar-refractivity contribution in [3.05, 3.63) is 223 Å². The van der Waals surface area contributed by atoms with E-state index in [0.717, 1.165) is 61.6 Å². The van der Waals surface area contributed by atoms with Crippen molar-refractivity contribution in [2.24, 2.45) is 0 Å². The summed E-state index contributed by atoms with van der Waals surface area (Å²) in [5, 5.41) is 15.7. The van der Waals surface area contributed by atoms with Crippen molar-refractivity contribution in [3.63, 3.8) is 0 Å². The molecule has 0 radical (unpaired) electrons. The molecule has 0 bridgehead atoms. The van der Waals surface area contributed by atoms with Gasteiger partial charge in [-0.2, -0.15) is 0 Å². The Hall–Kier alpha value is -6.88. The average Bonchev–Trinajstić information content (AvgIpc) is 3.59. The molecular formula is C50H38N2O2. The number of ether oxygens (including phenoxy) is 1. The molecule has 0 aliphatic carbocycles. The third-order valence-corrected chi connectivity index (χ3v) is 10.4. The number of fused-ring (bicyclic) bond motifs is 3. The topological polar surface area (TPSA) is 37.6 Å². The minimum absolute atomic E-state index is 0.703. The van der Waals surface area contributed by atoms with Gasteiger partial charge in [0.1, 0.15) is 11.4 Å². The Morgan fingerprint density at radius 2 is 0.963 bits per heavy atom. The first-order chi connectivity index (χ1) is 26.6. The van der Waals surface area contributed by atoms with Crippen molar-refractivity contribution >= 4 is 38.9 Å². The van der Waals surface area contributed by atoms with E-state index in [1.807, 2.05) is 84.9 Å². The third-order valence-electron chi connectivity index (χ3n) is 10.4. The molecule has 0 saturated carbocycles. The first kappa shape index (κ1) is 33.0. The molecule has 1 atom stereocenters. The molecular weight excluding hydrogens is 661 g/mol. The zero-order chi connectivity index (χ0) is 36.5. The summed E-state index contributed by atoms with van der Waals surface area (Å²) < 4.78 is 8.45. The summed E-state index contributed by atoms with van der Waals surface area (Å²) >= 11 is 0. The van der Waals surface area contributed by atoms with Crippen LogP contribution in [0.2, 0.25) is 0 Å². The van der Waals surface area contributed by atoms with E-state index in [4.69, 9.17) is 4.74 Å². The fraction of sp³-hybridized carbons (Fsp3) is 0.0400. The highest BCUT2D eigenvalue weighted by Crippen LogP contribution is 2.46. The van der Waals surface area contributed by atoms with Crippen LogP contribution in [0.5, 0.6) is 5.75 Å². The lowest BCUT2D eigenvalue weighted by molar-refractivity contribution is 0.126. The number of methoxy groups -OCH3 is 1. The van der Waals surface area contributed by atoms with Gasteiger partial charge in [-0.1, -0.05) is 140 Å². The largest absolute Gasteiger partial charge is 0.496 e. The lowest BCUT2D eigenvalue weighted by atomic mass is 9.77. The summed E-state index contributed by atoms with van der Waals surface area (Å²) in [4.78, 5) is 2.22. The first-order valence-electron chi connectivity index (χ1n) is 18.2. The average molecular weight is 699 g/mol. The van der Waals surface area contributed by atoms with Gasteiger partial charge in [0.25, 0.3) is 0 Å². The predicted molar refractivity (Wildman–Crippen MR) is 222 cm³/mol. The number of aromatic nitrogens is 1. The van der Waals surface area contributed by atoms with E-state index in [9.17, 15) is 5.11 Å².